The van der Waals surface area contributed by atoms with Crippen LogP contribution in [-0.2, 0) is 0 Å². The largest absolute Gasteiger partial charge is 0.395 e. The van der Waals surface area contributed by atoms with Gasteiger partial charge in [0.15, 0.2) is 0 Å². The van der Waals surface area contributed by atoms with Crippen LogP contribution in [0.3, 0.4) is 0 Å². The van der Waals surface area contributed by atoms with Crippen molar-refractivity contribution in [1.29, 1.82) is 0 Å². The summed E-state index contributed by atoms with van der Waals surface area (Å²) in [7, 11) is 0. The van der Waals surface area contributed by atoms with Crippen LogP contribution < -0.4 is 0 Å². The van der Waals surface area contributed by atoms with Crippen LogP contribution in [0, 0.1) is 5.41 Å². The summed E-state index contributed by atoms with van der Waals surface area (Å²) in [5.74, 6) is 1.22. The Bertz CT molecular complexity index is 274. The fraction of sp³-hybridized carbons (Fsp3) is 0.938. The minimum Gasteiger partial charge on any atom is -0.395 e. The Hall–Kier alpha value is -0.570. The molecule has 0 saturated heterocycles. The minimum absolute atomic E-state index is 0.163. The SMILES string of the molecule is CCCCCCCCC(C)(C)C1=NCCN1CCO. The number of aliphatic hydroxyl groups excluding tert-OH is 1. The molecule has 0 saturated carbocycles. The summed E-state index contributed by atoms with van der Waals surface area (Å²) < 4.78 is 0. The number of hydrogen-bond donors (Lipinski definition) is 1. The molecule has 1 aliphatic rings. The first-order chi connectivity index (χ1) is 9.11. The Balaban J connectivity index is 2.30. The molecule has 0 radical (unpaired) electrons. The third kappa shape index (κ3) is 5.52. The fourth-order valence-electron chi connectivity index (χ4n) is 2.92. The molecule has 1 heterocycles. The first kappa shape index (κ1) is 16.5. The maximum atomic E-state index is 9.11. The van der Waals surface area contributed by atoms with Crippen molar-refractivity contribution in [2.24, 2.45) is 10.4 Å². The van der Waals surface area contributed by atoms with Gasteiger partial charge < -0.3 is 10.0 Å². The quantitative estimate of drug-likeness (QED) is 0.616. The van der Waals surface area contributed by atoms with Gasteiger partial charge in [-0.2, -0.15) is 0 Å². The molecule has 3 heteroatoms. The number of rotatable bonds is 10. The van der Waals surface area contributed by atoms with E-state index in [2.05, 4.69) is 30.7 Å². The summed E-state index contributed by atoms with van der Waals surface area (Å²) in [6.07, 6.45) is 9.29. The van der Waals surface area contributed by atoms with Gasteiger partial charge in [0.05, 0.1) is 13.2 Å². The lowest BCUT2D eigenvalue weighted by atomic mass is 9.84. The molecular formula is C16H32N2O. The zero-order valence-electron chi connectivity index (χ0n) is 13.1. The summed E-state index contributed by atoms with van der Waals surface area (Å²) in [5.41, 5.74) is 0.163. The van der Waals surface area contributed by atoms with E-state index in [4.69, 9.17) is 5.11 Å². The van der Waals surface area contributed by atoms with E-state index in [-0.39, 0.29) is 12.0 Å². The van der Waals surface area contributed by atoms with Crippen molar-refractivity contribution in [3.8, 4) is 0 Å². The monoisotopic (exact) mass is 268 g/mol. The van der Waals surface area contributed by atoms with Crippen LogP contribution in [0.4, 0.5) is 0 Å². The molecule has 0 amide bonds. The fourth-order valence-corrected chi connectivity index (χ4v) is 2.92. The van der Waals surface area contributed by atoms with Gasteiger partial charge in [0.2, 0.25) is 0 Å². The maximum Gasteiger partial charge on any atom is 0.105 e. The average Bonchev–Trinajstić information content (AvgIpc) is 2.83. The smallest absolute Gasteiger partial charge is 0.105 e. The van der Waals surface area contributed by atoms with E-state index in [1.165, 1.54) is 50.8 Å². The number of amidine groups is 1. The van der Waals surface area contributed by atoms with E-state index in [9.17, 15) is 0 Å². The highest BCUT2D eigenvalue weighted by atomic mass is 16.3. The molecule has 1 rings (SSSR count). The van der Waals surface area contributed by atoms with Crippen molar-refractivity contribution in [1.82, 2.24) is 4.90 Å². The van der Waals surface area contributed by atoms with Gasteiger partial charge in [0, 0.05) is 18.5 Å². The van der Waals surface area contributed by atoms with Crippen molar-refractivity contribution >= 4 is 5.84 Å². The molecule has 1 N–H and O–H groups in total. The Morgan fingerprint density at radius 1 is 1.16 bits per heavy atom. The molecule has 19 heavy (non-hydrogen) atoms. The Labute approximate surface area is 119 Å². The maximum absolute atomic E-state index is 9.11. The highest BCUT2D eigenvalue weighted by Crippen LogP contribution is 2.29. The van der Waals surface area contributed by atoms with Crippen molar-refractivity contribution in [3.05, 3.63) is 0 Å². The summed E-state index contributed by atoms with van der Waals surface area (Å²) >= 11 is 0. The predicted molar refractivity (Wildman–Crippen MR) is 82.7 cm³/mol. The summed E-state index contributed by atoms with van der Waals surface area (Å²) in [5, 5.41) is 9.11. The van der Waals surface area contributed by atoms with Crippen molar-refractivity contribution < 1.29 is 5.11 Å². The number of aliphatic hydroxyl groups is 1. The molecule has 3 nitrogen and oxygen atoms in total. The van der Waals surface area contributed by atoms with E-state index in [0.29, 0.717) is 0 Å². The second-order valence-electron chi connectivity index (χ2n) is 6.32. The molecule has 0 fully saturated rings. The van der Waals surface area contributed by atoms with Gasteiger partial charge >= 0.3 is 0 Å². The average molecular weight is 268 g/mol. The Morgan fingerprint density at radius 2 is 1.84 bits per heavy atom. The zero-order chi connectivity index (χ0) is 14.1. The topological polar surface area (TPSA) is 35.8 Å². The van der Waals surface area contributed by atoms with Crippen LogP contribution in [0.5, 0.6) is 0 Å². The molecule has 1 aliphatic heterocycles. The minimum atomic E-state index is 0.163. The third-order valence-electron chi connectivity index (χ3n) is 4.06. The number of hydrogen-bond acceptors (Lipinski definition) is 3. The van der Waals surface area contributed by atoms with E-state index < -0.39 is 0 Å². The molecule has 0 aromatic carbocycles. The number of β-amino-alcohol motifs (C(OH)–C–C–N with tert-alkyl or cyclic N) is 1. The molecule has 0 unspecified atom stereocenters. The van der Waals surface area contributed by atoms with Gasteiger partial charge in [-0.1, -0.05) is 59.3 Å². The van der Waals surface area contributed by atoms with E-state index >= 15 is 0 Å². The van der Waals surface area contributed by atoms with Crippen molar-refractivity contribution in [2.75, 3.05) is 26.2 Å². The predicted octanol–water partition coefficient (Wildman–Crippen LogP) is 3.47. The summed E-state index contributed by atoms with van der Waals surface area (Å²) in [4.78, 5) is 6.93. The molecule has 0 bridgehead atoms. The van der Waals surface area contributed by atoms with Crippen LogP contribution in [-0.4, -0.2) is 42.1 Å². The molecular weight excluding hydrogens is 236 g/mol. The number of unbranched alkanes of at least 4 members (excludes halogenated alkanes) is 5. The summed E-state index contributed by atoms with van der Waals surface area (Å²) in [6, 6.07) is 0. The van der Waals surface area contributed by atoms with Gasteiger partial charge in [-0.25, -0.2) is 0 Å². The highest BCUT2D eigenvalue weighted by molar-refractivity contribution is 5.88. The first-order valence-electron chi connectivity index (χ1n) is 8.02. The van der Waals surface area contributed by atoms with Crippen LogP contribution in [0.1, 0.15) is 65.7 Å². The third-order valence-corrected chi connectivity index (χ3v) is 4.06. The Kier molecular flexibility index (Phi) is 7.44. The number of aliphatic imine (C=N–C) groups is 1. The van der Waals surface area contributed by atoms with Crippen LogP contribution in [0.15, 0.2) is 4.99 Å². The van der Waals surface area contributed by atoms with Gasteiger partial charge in [-0.15, -0.1) is 0 Å². The lowest BCUT2D eigenvalue weighted by Gasteiger charge is -2.32. The van der Waals surface area contributed by atoms with Gasteiger partial charge in [-0.3, -0.25) is 4.99 Å². The summed E-state index contributed by atoms with van der Waals surface area (Å²) in [6.45, 7) is 9.70. The molecule has 112 valence electrons. The van der Waals surface area contributed by atoms with Gasteiger partial charge in [-0.05, 0) is 6.42 Å². The second kappa shape index (κ2) is 8.57. The normalized spacial score (nSPS) is 16.0. The second-order valence-corrected chi connectivity index (χ2v) is 6.32. The van der Waals surface area contributed by atoms with E-state index in [1.807, 2.05) is 0 Å². The molecule has 0 atom stereocenters. The number of nitrogens with zero attached hydrogens (tertiary/aromatic N) is 2. The Morgan fingerprint density at radius 3 is 2.53 bits per heavy atom. The molecule has 0 aromatic heterocycles. The standard InChI is InChI=1S/C16H32N2O/c1-4-5-6-7-8-9-10-16(2,3)15-17-11-12-18(15)13-14-19/h19H,4-14H2,1-3H3. The highest BCUT2D eigenvalue weighted by Gasteiger charge is 2.31. The lowest BCUT2D eigenvalue weighted by Crippen LogP contribution is -2.39. The molecule has 0 aliphatic carbocycles. The zero-order valence-corrected chi connectivity index (χ0v) is 13.1. The first-order valence-corrected chi connectivity index (χ1v) is 8.02. The van der Waals surface area contributed by atoms with Crippen LogP contribution in [0.2, 0.25) is 0 Å². The molecule has 0 spiro atoms. The van der Waals surface area contributed by atoms with E-state index in [0.717, 1.165) is 19.6 Å². The van der Waals surface area contributed by atoms with Crippen molar-refractivity contribution in [3.63, 3.8) is 0 Å². The lowest BCUT2D eigenvalue weighted by molar-refractivity contribution is 0.246. The van der Waals surface area contributed by atoms with Gasteiger partial charge in [0.25, 0.3) is 0 Å². The van der Waals surface area contributed by atoms with Crippen LogP contribution >= 0.6 is 0 Å². The van der Waals surface area contributed by atoms with Crippen LogP contribution in [0.25, 0.3) is 0 Å². The molecule has 0 aromatic rings. The van der Waals surface area contributed by atoms with Crippen molar-refractivity contribution in [2.45, 2.75) is 65.7 Å². The van der Waals surface area contributed by atoms with E-state index in [1.54, 1.807) is 0 Å². The van der Waals surface area contributed by atoms with Gasteiger partial charge in [0.1, 0.15) is 5.84 Å².